The van der Waals surface area contributed by atoms with Crippen molar-refractivity contribution in [3.05, 3.63) is 0 Å². The summed E-state index contributed by atoms with van der Waals surface area (Å²) in [5, 5.41) is 0. The fourth-order valence-electron chi connectivity index (χ4n) is 3.29. The molecule has 0 N–H and O–H groups in total. The molecule has 0 aromatic heterocycles. The summed E-state index contributed by atoms with van der Waals surface area (Å²) in [6.45, 7) is 9.60. The Hall–Kier alpha value is 0. The molecule has 0 aromatic carbocycles. The van der Waals surface area contributed by atoms with Gasteiger partial charge in [-0.3, -0.25) is 0 Å². The van der Waals surface area contributed by atoms with Crippen molar-refractivity contribution in [2.75, 3.05) is 0 Å². The molecule has 17 heavy (non-hydrogen) atoms. The van der Waals surface area contributed by atoms with Gasteiger partial charge in [0.25, 0.3) is 0 Å². The molecular weight excluding hydrogens is 204 g/mol. The molecule has 4 atom stereocenters. The third-order valence-electron chi connectivity index (χ3n) is 4.99. The van der Waals surface area contributed by atoms with Crippen molar-refractivity contribution in [3.63, 3.8) is 0 Å². The Kier molecular flexibility index (Phi) is 7.23. The maximum absolute atomic E-state index is 2.51. The van der Waals surface area contributed by atoms with Crippen LogP contribution in [0.25, 0.3) is 0 Å². The van der Waals surface area contributed by atoms with Crippen LogP contribution in [-0.4, -0.2) is 0 Å². The minimum absolute atomic E-state index is 0.959. The second kappa shape index (κ2) is 8.16. The average Bonchev–Trinajstić information content (AvgIpc) is 3.10. The zero-order valence-electron chi connectivity index (χ0n) is 12.7. The Morgan fingerprint density at radius 1 is 0.941 bits per heavy atom. The first-order chi connectivity index (χ1) is 8.20. The highest BCUT2D eigenvalue weighted by Crippen LogP contribution is 2.50. The van der Waals surface area contributed by atoms with E-state index >= 15 is 0 Å². The summed E-state index contributed by atoms with van der Waals surface area (Å²) >= 11 is 0. The summed E-state index contributed by atoms with van der Waals surface area (Å²) < 4.78 is 0. The Labute approximate surface area is 110 Å². The molecule has 102 valence electrons. The Morgan fingerprint density at radius 3 is 2.29 bits per heavy atom. The summed E-state index contributed by atoms with van der Waals surface area (Å²) in [6, 6.07) is 0. The van der Waals surface area contributed by atoms with Gasteiger partial charge in [-0.25, -0.2) is 0 Å². The topological polar surface area (TPSA) is 0 Å². The molecule has 0 heteroatoms. The van der Waals surface area contributed by atoms with Gasteiger partial charge in [-0.05, 0) is 30.1 Å². The largest absolute Gasteiger partial charge is 0.0654 e. The summed E-state index contributed by atoms with van der Waals surface area (Å²) in [7, 11) is 0. The first-order valence-electron chi connectivity index (χ1n) is 8.20. The average molecular weight is 238 g/mol. The maximum Gasteiger partial charge on any atom is -0.0355 e. The van der Waals surface area contributed by atoms with Crippen LogP contribution in [0.5, 0.6) is 0 Å². The van der Waals surface area contributed by atoms with Gasteiger partial charge >= 0.3 is 0 Å². The molecule has 0 saturated heterocycles. The van der Waals surface area contributed by atoms with Crippen LogP contribution in [0.4, 0.5) is 0 Å². The normalized spacial score (nSPS) is 26.8. The molecule has 0 amide bonds. The van der Waals surface area contributed by atoms with E-state index < -0.39 is 0 Å². The number of hydrogen-bond donors (Lipinski definition) is 0. The first-order valence-corrected chi connectivity index (χ1v) is 8.20. The number of unbranched alkanes of at least 4 members (excludes halogenated alkanes) is 4. The predicted octanol–water partition coefficient (Wildman–Crippen LogP) is 6.06. The minimum Gasteiger partial charge on any atom is -0.0654 e. The van der Waals surface area contributed by atoms with Gasteiger partial charge in [-0.2, -0.15) is 0 Å². The van der Waals surface area contributed by atoms with Crippen molar-refractivity contribution >= 4 is 0 Å². The predicted molar refractivity (Wildman–Crippen MR) is 78.2 cm³/mol. The molecule has 1 aliphatic rings. The van der Waals surface area contributed by atoms with Gasteiger partial charge in [0.1, 0.15) is 0 Å². The van der Waals surface area contributed by atoms with E-state index in [0.29, 0.717) is 0 Å². The van der Waals surface area contributed by atoms with Gasteiger partial charge in [-0.15, -0.1) is 0 Å². The van der Waals surface area contributed by atoms with Gasteiger partial charge in [0.2, 0.25) is 0 Å². The van der Waals surface area contributed by atoms with Crippen LogP contribution in [0.3, 0.4) is 0 Å². The van der Waals surface area contributed by atoms with Gasteiger partial charge in [0.05, 0.1) is 0 Å². The summed E-state index contributed by atoms with van der Waals surface area (Å²) in [5.41, 5.74) is 0. The Bertz CT molecular complexity index is 184. The second-order valence-corrected chi connectivity index (χ2v) is 6.49. The zero-order valence-corrected chi connectivity index (χ0v) is 12.7. The molecule has 0 heterocycles. The van der Waals surface area contributed by atoms with Crippen LogP contribution >= 0.6 is 0 Å². The van der Waals surface area contributed by atoms with Gasteiger partial charge in [0.15, 0.2) is 0 Å². The lowest BCUT2D eigenvalue weighted by atomic mass is 9.86. The van der Waals surface area contributed by atoms with Crippen LogP contribution in [-0.2, 0) is 0 Å². The molecule has 0 radical (unpaired) electrons. The Morgan fingerprint density at radius 2 is 1.65 bits per heavy atom. The van der Waals surface area contributed by atoms with Crippen molar-refractivity contribution in [2.45, 2.75) is 85.5 Å². The molecule has 0 aromatic rings. The van der Waals surface area contributed by atoms with Crippen LogP contribution in [0.2, 0.25) is 0 Å². The van der Waals surface area contributed by atoms with E-state index in [1.165, 1.54) is 51.4 Å². The standard InChI is InChI=1S/C17H34/c1-5-7-9-10-12-16-13-17(16)15(4)14(3)11-8-6-2/h14-17H,5-13H2,1-4H3. The van der Waals surface area contributed by atoms with Gasteiger partial charge in [0, 0.05) is 0 Å². The van der Waals surface area contributed by atoms with E-state index in [4.69, 9.17) is 0 Å². The molecule has 1 saturated carbocycles. The minimum atomic E-state index is 0.959. The van der Waals surface area contributed by atoms with Crippen molar-refractivity contribution in [2.24, 2.45) is 23.7 Å². The highest BCUT2D eigenvalue weighted by Gasteiger charge is 2.41. The van der Waals surface area contributed by atoms with E-state index in [1.54, 1.807) is 6.42 Å². The Balaban J connectivity index is 2.08. The molecule has 4 unspecified atom stereocenters. The van der Waals surface area contributed by atoms with Gasteiger partial charge < -0.3 is 0 Å². The molecular formula is C17H34. The molecule has 0 nitrogen and oxygen atoms in total. The molecule has 0 bridgehead atoms. The molecule has 0 aliphatic heterocycles. The fourth-order valence-corrected chi connectivity index (χ4v) is 3.29. The van der Waals surface area contributed by atoms with Crippen molar-refractivity contribution in [3.8, 4) is 0 Å². The summed E-state index contributed by atoms with van der Waals surface area (Å²) in [6.07, 6.45) is 13.1. The molecule has 1 rings (SSSR count). The maximum atomic E-state index is 2.51. The van der Waals surface area contributed by atoms with Crippen LogP contribution < -0.4 is 0 Å². The third kappa shape index (κ3) is 5.44. The lowest BCUT2D eigenvalue weighted by Crippen LogP contribution is -2.11. The SMILES string of the molecule is CCCCCCC1CC1C(C)C(C)CCCC. The first kappa shape index (κ1) is 15.1. The second-order valence-electron chi connectivity index (χ2n) is 6.49. The van der Waals surface area contributed by atoms with Crippen LogP contribution in [0, 0.1) is 23.7 Å². The van der Waals surface area contributed by atoms with Crippen molar-refractivity contribution in [1.29, 1.82) is 0 Å². The van der Waals surface area contributed by atoms with Crippen molar-refractivity contribution in [1.82, 2.24) is 0 Å². The van der Waals surface area contributed by atoms with Crippen LogP contribution in [0.15, 0.2) is 0 Å². The van der Waals surface area contributed by atoms with E-state index in [1.807, 2.05) is 0 Å². The quantitative estimate of drug-likeness (QED) is 0.406. The highest BCUT2D eigenvalue weighted by atomic mass is 14.5. The monoisotopic (exact) mass is 238 g/mol. The van der Waals surface area contributed by atoms with Gasteiger partial charge in [-0.1, -0.05) is 79.1 Å². The molecule has 1 aliphatic carbocycles. The third-order valence-corrected chi connectivity index (χ3v) is 4.99. The smallest absolute Gasteiger partial charge is 0.0355 e. The van der Waals surface area contributed by atoms with Crippen LogP contribution in [0.1, 0.15) is 85.5 Å². The van der Waals surface area contributed by atoms with E-state index in [9.17, 15) is 0 Å². The molecule has 0 spiro atoms. The van der Waals surface area contributed by atoms with E-state index in [-0.39, 0.29) is 0 Å². The highest BCUT2D eigenvalue weighted by molar-refractivity contribution is 4.91. The summed E-state index contributed by atoms with van der Waals surface area (Å²) in [5.74, 6) is 4.13. The zero-order chi connectivity index (χ0) is 12.7. The van der Waals surface area contributed by atoms with E-state index in [0.717, 1.165) is 23.7 Å². The number of hydrogen-bond acceptors (Lipinski definition) is 0. The van der Waals surface area contributed by atoms with E-state index in [2.05, 4.69) is 27.7 Å². The summed E-state index contributed by atoms with van der Waals surface area (Å²) in [4.78, 5) is 0. The number of rotatable bonds is 10. The van der Waals surface area contributed by atoms with Crippen molar-refractivity contribution < 1.29 is 0 Å². The lowest BCUT2D eigenvalue weighted by Gasteiger charge is -2.20. The molecule has 1 fully saturated rings. The lowest BCUT2D eigenvalue weighted by molar-refractivity contribution is 0.304. The fraction of sp³-hybridized carbons (Fsp3) is 1.00.